The largest absolute Gasteiger partial charge is 0.496 e. The van der Waals surface area contributed by atoms with Crippen molar-refractivity contribution in [3.05, 3.63) is 108 Å². The van der Waals surface area contributed by atoms with Crippen molar-refractivity contribution in [1.29, 1.82) is 0 Å². The molecule has 0 aliphatic heterocycles. The molecule has 0 saturated heterocycles. The minimum Gasteiger partial charge on any atom is -0.496 e. The Kier molecular flexibility index (Phi) is 11.3. The molecule has 4 aromatic carbocycles. The third kappa shape index (κ3) is 8.33. The second-order valence-electron chi connectivity index (χ2n) is 10.3. The van der Waals surface area contributed by atoms with Crippen molar-refractivity contribution in [3.8, 4) is 17.2 Å². The minimum atomic E-state index is -0.570. The van der Waals surface area contributed by atoms with Gasteiger partial charge >= 0.3 is 0 Å². The van der Waals surface area contributed by atoms with Gasteiger partial charge in [-0.1, -0.05) is 54.7 Å². The number of carbonyl (C=O) groups is 3. The van der Waals surface area contributed by atoms with Crippen LogP contribution in [0.5, 0.6) is 17.2 Å². The average molecular weight is 683 g/mol. The summed E-state index contributed by atoms with van der Waals surface area (Å²) in [6, 6.07) is 26.8. The van der Waals surface area contributed by atoms with Crippen LogP contribution in [0.4, 0.5) is 10.8 Å². The monoisotopic (exact) mass is 682 g/mol. The van der Waals surface area contributed by atoms with Crippen LogP contribution in [0.25, 0.3) is 16.3 Å². The number of anilines is 2. The van der Waals surface area contributed by atoms with Crippen LogP contribution >= 0.6 is 23.1 Å². The molecule has 0 spiro atoms. The number of amides is 3. The molecule has 48 heavy (non-hydrogen) atoms. The topological polar surface area (TPSA) is 128 Å². The maximum Gasteiger partial charge on any atom is 0.272 e. The Bertz CT molecular complexity index is 1930. The molecule has 1 atom stereocenters. The van der Waals surface area contributed by atoms with Gasteiger partial charge < -0.3 is 30.2 Å². The number of para-hydroxylation sites is 1. The molecule has 246 valence electrons. The van der Waals surface area contributed by atoms with Crippen LogP contribution in [-0.4, -0.2) is 49.3 Å². The van der Waals surface area contributed by atoms with Crippen LogP contribution in [0.1, 0.15) is 29.3 Å². The highest BCUT2D eigenvalue weighted by Gasteiger charge is 2.21. The number of ether oxygens (including phenoxy) is 3. The second kappa shape index (κ2) is 16.0. The number of aromatic nitrogens is 1. The molecule has 5 rings (SSSR count). The quantitative estimate of drug-likeness (QED) is 0.0876. The molecule has 10 nitrogen and oxygen atoms in total. The fourth-order valence-electron chi connectivity index (χ4n) is 4.71. The van der Waals surface area contributed by atoms with Gasteiger partial charge in [-0.15, -0.1) is 11.8 Å². The van der Waals surface area contributed by atoms with Crippen LogP contribution in [-0.2, 0) is 9.59 Å². The Balaban J connectivity index is 1.37. The molecule has 0 radical (unpaired) electrons. The van der Waals surface area contributed by atoms with Gasteiger partial charge in [0.1, 0.15) is 11.4 Å². The first-order valence-electron chi connectivity index (χ1n) is 14.9. The summed E-state index contributed by atoms with van der Waals surface area (Å²) in [7, 11) is 4.50. The normalized spacial score (nSPS) is 11.8. The van der Waals surface area contributed by atoms with Gasteiger partial charge in [0.2, 0.25) is 5.91 Å². The minimum absolute atomic E-state index is 0.0333. The number of hydrogen-bond acceptors (Lipinski definition) is 9. The van der Waals surface area contributed by atoms with E-state index in [0.717, 1.165) is 15.1 Å². The van der Waals surface area contributed by atoms with Crippen molar-refractivity contribution in [2.75, 3.05) is 32.0 Å². The van der Waals surface area contributed by atoms with Crippen molar-refractivity contribution in [2.24, 2.45) is 0 Å². The van der Waals surface area contributed by atoms with Gasteiger partial charge in [0.25, 0.3) is 11.8 Å². The zero-order chi connectivity index (χ0) is 34.0. The number of rotatable bonds is 13. The van der Waals surface area contributed by atoms with Crippen LogP contribution in [0.15, 0.2) is 102 Å². The number of benzene rings is 4. The van der Waals surface area contributed by atoms with Crippen molar-refractivity contribution in [1.82, 2.24) is 10.3 Å². The molecule has 0 aliphatic carbocycles. The number of fused-ring (bicyclic) bond motifs is 1. The first-order chi connectivity index (χ1) is 23.3. The van der Waals surface area contributed by atoms with Gasteiger partial charge in [-0.2, -0.15) is 0 Å². The Hall–Kier alpha value is -5.33. The molecule has 3 N–H and O–H groups in total. The zero-order valence-corrected chi connectivity index (χ0v) is 28.4. The number of nitrogens with one attached hydrogen (secondary N) is 3. The lowest BCUT2D eigenvalue weighted by molar-refractivity contribution is -0.116. The van der Waals surface area contributed by atoms with Crippen LogP contribution in [0, 0.1) is 0 Å². The van der Waals surface area contributed by atoms with Gasteiger partial charge in [-0.3, -0.25) is 14.4 Å². The van der Waals surface area contributed by atoms with E-state index >= 15 is 0 Å². The van der Waals surface area contributed by atoms with E-state index in [1.807, 2.05) is 37.3 Å². The van der Waals surface area contributed by atoms with Gasteiger partial charge in [-0.05, 0) is 61.0 Å². The number of carbonyl (C=O) groups excluding carboxylic acids is 3. The molecule has 0 fully saturated rings. The van der Waals surface area contributed by atoms with E-state index in [4.69, 9.17) is 14.2 Å². The van der Waals surface area contributed by atoms with E-state index in [-0.39, 0.29) is 11.6 Å². The van der Waals surface area contributed by atoms with E-state index in [9.17, 15) is 14.4 Å². The van der Waals surface area contributed by atoms with Crippen LogP contribution < -0.4 is 30.2 Å². The maximum atomic E-state index is 13.8. The van der Waals surface area contributed by atoms with Crippen LogP contribution in [0.2, 0.25) is 0 Å². The lowest BCUT2D eigenvalue weighted by Crippen LogP contribution is -2.30. The summed E-state index contributed by atoms with van der Waals surface area (Å²) in [5.74, 6) is 0.0682. The highest BCUT2D eigenvalue weighted by molar-refractivity contribution is 8.00. The first kappa shape index (κ1) is 34.0. The molecule has 1 aromatic heterocycles. The maximum absolute atomic E-state index is 13.8. The summed E-state index contributed by atoms with van der Waals surface area (Å²) < 4.78 is 17.4. The summed E-state index contributed by atoms with van der Waals surface area (Å²) in [6.45, 7) is 1.94. The van der Waals surface area contributed by atoms with E-state index in [1.54, 1.807) is 60.7 Å². The molecule has 1 unspecified atom stereocenters. The summed E-state index contributed by atoms with van der Waals surface area (Å²) in [5.41, 5.74) is 2.13. The fraction of sp³-hybridized carbons (Fsp3) is 0.167. The van der Waals surface area contributed by atoms with Crippen molar-refractivity contribution in [2.45, 2.75) is 23.5 Å². The first-order valence-corrected chi connectivity index (χ1v) is 16.6. The Labute approximate surface area is 286 Å². The molecule has 3 amide bonds. The third-order valence-corrected chi connectivity index (χ3v) is 9.43. The Morgan fingerprint density at radius 2 is 1.54 bits per heavy atom. The lowest BCUT2D eigenvalue weighted by Gasteiger charge is -2.16. The van der Waals surface area contributed by atoms with E-state index in [2.05, 4.69) is 20.9 Å². The smallest absolute Gasteiger partial charge is 0.272 e. The molecular formula is C36H34N4O6S2. The van der Waals surface area contributed by atoms with Gasteiger partial charge in [0.05, 0.1) is 36.8 Å². The molecule has 5 aromatic rings. The summed E-state index contributed by atoms with van der Waals surface area (Å²) >= 11 is 2.81. The molecule has 1 heterocycles. The number of hydrogen-bond donors (Lipinski definition) is 3. The molecule has 0 saturated carbocycles. The molecule has 12 heteroatoms. The SMILES string of the molecule is CCC(Sc1cccc(NC(=O)/C(=C\c2cc(OC)c(OC)cc2OC)NC(=O)c2ccccc2)c1)C(=O)Nc1nc2ccccc2s1. The van der Waals surface area contributed by atoms with Crippen molar-refractivity contribution in [3.63, 3.8) is 0 Å². The van der Waals surface area contributed by atoms with E-state index in [0.29, 0.717) is 45.6 Å². The average Bonchev–Trinajstić information content (AvgIpc) is 3.52. The Morgan fingerprint density at radius 1 is 0.833 bits per heavy atom. The fourth-order valence-corrected chi connectivity index (χ4v) is 6.59. The highest BCUT2D eigenvalue weighted by atomic mass is 32.2. The standard InChI is InChI=1S/C36H34N4O6S2/c1-5-31(35(43)40-36-39-26-16-9-10-17-32(26)48-36)47-25-15-11-14-24(20-25)37-34(42)27(38-33(41)22-12-7-6-8-13-22)18-23-19-29(45-3)30(46-4)21-28(23)44-2/h6-21,31H,5H2,1-4H3,(H,37,42)(H,38,41)(H,39,40,43)/b27-18+. The third-order valence-electron chi connectivity index (χ3n) is 7.12. The number of nitrogens with zero attached hydrogens (tertiary/aromatic N) is 1. The van der Waals surface area contributed by atoms with Crippen molar-refractivity contribution >= 4 is 67.9 Å². The molecular weight excluding hydrogens is 649 g/mol. The number of thioether (sulfide) groups is 1. The summed E-state index contributed by atoms with van der Waals surface area (Å²) in [4.78, 5) is 45.4. The second-order valence-corrected chi connectivity index (χ2v) is 12.6. The van der Waals surface area contributed by atoms with Gasteiger partial charge in [0, 0.05) is 27.8 Å². The molecule has 0 aliphatic rings. The van der Waals surface area contributed by atoms with Crippen molar-refractivity contribution < 1.29 is 28.6 Å². The van der Waals surface area contributed by atoms with Gasteiger partial charge in [0.15, 0.2) is 16.6 Å². The lowest BCUT2D eigenvalue weighted by atomic mass is 10.1. The predicted molar refractivity (Wildman–Crippen MR) is 191 cm³/mol. The van der Waals surface area contributed by atoms with Crippen LogP contribution in [0.3, 0.4) is 0 Å². The summed E-state index contributed by atoms with van der Waals surface area (Å²) in [6.07, 6.45) is 2.08. The number of methoxy groups -OCH3 is 3. The Morgan fingerprint density at radius 3 is 2.25 bits per heavy atom. The zero-order valence-electron chi connectivity index (χ0n) is 26.7. The van der Waals surface area contributed by atoms with E-state index < -0.39 is 17.1 Å². The van der Waals surface area contributed by atoms with Gasteiger partial charge in [-0.25, -0.2) is 4.98 Å². The molecule has 0 bridgehead atoms. The highest BCUT2D eigenvalue weighted by Crippen LogP contribution is 2.36. The number of thiazole rings is 1. The predicted octanol–water partition coefficient (Wildman–Crippen LogP) is 7.24. The van der Waals surface area contributed by atoms with E-state index in [1.165, 1.54) is 50.5 Å². The summed E-state index contributed by atoms with van der Waals surface area (Å²) in [5, 5.41) is 8.72.